The Labute approximate surface area is 180 Å². The van der Waals surface area contributed by atoms with E-state index in [1.807, 2.05) is 55.5 Å². The molecule has 0 saturated carbocycles. The Morgan fingerprint density at radius 1 is 1.17 bits per heavy atom. The van der Waals surface area contributed by atoms with Gasteiger partial charge in [-0.2, -0.15) is 0 Å². The molecule has 2 aliphatic rings. The summed E-state index contributed by atoms with van der Waals surface area (Å²) in [6.07, 6.45) is 0.840. The highest BCUT2D eigenvalue weighted by Gasteiger charge is 2.49. The van der Waals surface area contributed by atoms with E-state index in [0.717, 1.165) is 27.5 Å². The van der Waals surface area contributed by atoms with Gasteiger partial charge in [-0.25, -0.2) is 4.79 Å². The van der Waals surface area contributed by atoms with Crippen molar-refractivity contribution < 1.29 is 14.4 Å². The molecule has 2 aromatic carbocycles. The summed E-state index contributed by atoms with van der Waals surface area (Å²) in [6, 6.07) is 14.7. The van der Waals surface area contributed by atoms with Crippen LogP contribution in [0.1, 0.15) is 31.4 Å². The van der Waals surface area contributed by atoms with E-state index in [2.05, 4.69) is 12.2 Å². The van der Waals surface area contributed by atoms with Gasteiger partial charge in [0.25, 0.3) is 5.91 Å². The molecule has 7 heteroatoms. The van der Waals surface area contributed by atoms with Gasteiger partial charge in [0.05, 0.1) is 5.69 Å². The van der Waals surface area contributed by atoms with Crippen molar-refractivity contribution in [3.63, 3.8) is 0 Å². The van der Waals surface area contributed by atoms with Crippen LogP contribution in [0.3, 0.4) is 0 Å². The highest BCUT2D eigenvalue weighted by Crippen LogP contribution is 2.37. The van der Waals surface area contributed by atoms with Crippen molar-refractivity contribution in [2.24, 2.45) is 0 Å². The second-order valence-electron chi connectivity index (χ2n) is 8.04. The van der Waals surface area contributed by atoms with Crippen molar-refractivity contribution in [2.45, 2.75) is 42.9 Å². The van der Waals surface area contributed by atoms with Gasteiger partial charge in [-0.15, -0.1) is 11.8 Å². The number of carbonyl (C=O) groups is 3. The first-order valence-electron chi connectivity index (χ1n) is 10.1. The van der Waals surface area contributed by atoms with E-state index >= 15 is 0 Å². The Hall–Kier alpha value is -2.80. The lowest BCUT2D eigenvalue weighted by molar-refractivity contribution is -0.134. The van der Waals surface area contributed by atoms with Crippen molar-refractivity contribution in [3.05, 3.63) is 59.7 Å². The average Bonchev–Trinajstić information content (AvgIpc) is 2.85. The Balaban J connectivity index is 1.57. The molecule has 0 aliphatic carbocycles. The predicted octanol–water partition coefficient (Wildman–Crippen LogP) is 3.68. The zero-order valence-corrected chi connectivity index (χ0v) is 18.2. The van der Waals surface area contributed by atoms with Crippen molar-refractivity contribution in [3.8, 4) is 0 Å². The normalized spacial score (nSPS) is 23.8. The van der Waals surface area contributed by atoms with Crippen LogP contribution in [-0.4, -0.2) is 41.1 Å². The smallest absolute Gasteiger partial charge is 0.319 e. The number of amides is 4. The molecule has 4 amide bonds. The highest BCUT2D eigenvalue weighted by atomic mass is 32.2. The Morgan fingerprint density at radius 3 is 2.60 bits per heavy atom. The minimum absolute atomic E-state index is 0.256. The maximum Gasteiger partial charge on any atom is 0.325 e. The summed E-state index contributed by atoms with van der Waals surface area (Å²) in [5.41, 5.74) is 1.43. The van der Waals surface area contributed by atoms with Gasteiger partial charge in [-0.1, -0.05) is 48.9 Å². The molecule has 1 saturated heterocycles. The number of fused-ring (bicyclic) bond motifs is 1. The maximum absolute atomic E-state index is 13.2. The number of urea groups is 1. The summed E-state index contributed by atoms with van der Waals surface area (Å²) in [4.78, 5) is 42.8. The number of hydrogen-bond donors (Lipinski definition) is 1. The number of para-hydroxylation sites is 1. The van der Waals surface area contributed by atoms with Gasteiger partial charge in [0.2, 0.25) is 5.91 Å². The van der Waals surface area contributed by atoms with Crippen molar-refractivity contribution in [1.82, 2.24) is 10.2 Å². The predicted molar refractivity (Wildman–Crippen MR) is 118 cm³/mol. The van der Waals surface area contributed by atoms with Crippen LogP contribution in [0.5, 0.6) is 0 Å². The molecular weight excluding hydrogens is 398 g/mol. The number of imide groups is 1. The van der Waals surface area contributed by atoms with Crippen LogP contribution in [0.4, 0.5) is 10.5 Å². The summed E-state index contributed by atoms with van der Waals surface area (Å²) < 4.78 is 0. The molecule has 0 aromatic heterocycles. The van der Waals surface area contributed by atoms with Crippen molar-refractivity contribution in [1.29, 1.82) is 0 Å². The molecule has 1 N–H and O–H groups in total. The molecular formula is C23H25N3O3S. The minimum Gasteiger partial charge on any atom is -0.319 e. The molecule has 2 unspecified atom stereocenters. The molecule has 1 fully saturated rings. The number of thioether (sulfide) groups is 1. The number of benzene rings is 2. The monoisotopic (exact) mass is 423 g/mol. The topological polar surface area (TPSA) is 69.7 Å². The van der Waals surface area contributed by atoms with Gasteiger partial charge < -0.3 is 10.2 Å². The zero-order valence-electron chi connectivity index (χ0n) is 17.3. The van der Waals surface area contributed by atoms with Gasteiger partial charge >= 0.3 is 6.03 Å². The number of carbonyl (C=O) groups excluding carboxylic acids is 3. The van der Waals surface area contributed by atoms with E-state index < -0.39 is 17.5 Å². The van der Waals surface area contributed by atoms with E-state index in [1.165, 1.54) is 0 Å². The van der Waals surface area contributed by atoms with Gasteiger partial charge in [0.1, 0.15) is 12.1 Å². The van der Waals surface area contributed by atoms with Gasteiger partial charge in [0.15, 0.2) is 0 Å². The lowest BCUT2D eigenvalue weighted by Gasteiger charge is -2.25. The molecule has 2 aromatic rings. The summed E-state index contributed by atoms with van der Waals surface area (Å²) in [5.74, 6) is -0.663. The second-order valence-corrected chi connectivity index (χ2v) is 9.52. The number of hydrogen-bond acceptors (Lipinski definition) is 4. The number of nitrogens with zero attached hydrogens (tertiary/aromatic N) is 2. The van der Waals surface area contributed by atoms with Crippen LogP contribution in [0, 0.1) is 6.92 Å². The molecule has 0 spiro atoms. The molecule has 30 heavy (non-hydrogen) atoms. The first kappa shape index (κ1) is 20.5. The third-order valence-corrected chi connectivity index (χ3v) is 6.98. The summed E-state index contributed by atoms with van der Waals surface area (Å²) in [5, 5.41) is 3.16. The molecule has 2 heterocycles. The first-order valence-corrected chi connectivity index (χ1v) is 10.9. The Kier molecular flexibility index (Phi) is 5.32. The molecule has 2 aliphatic heterocycles. The highest BCUT2D eigenvalue weighted by molar-refractivity contribution is 8.00. The largest absolute Gasteiger partial charge is 0.325 e. The fraction of sp³-hybridized carbons (Fsp3) is 0.348. The number of aryl methyl sites for hydroxylation is 1. The standard InChI is InChI=1S/C23H25N3O3S/c1-15-8-10-17(11-9-15)23(3)21(28)26(22(29)24-23)14-20(27)25-13-12-16(2)30-19-7-5-4-6-18(19)25/h4-11,16H,12-14H2,1-3H3,(H,24,29). The van der Waals surface area contributed by atoms with E-state index in [1.54, 1.807) is 23.6 Å². The Bertz CT molecular complexity index is 1010. The van der Waals surface area contributed by atoms with Gasteiger partial charge in [0, 0.05) is 16.7 Å². The molecule has 156 valence electrons. The fourth-order valence-electron chi connectivity index (χ4n) is 3.89. The van der Waals surface area contributed by atoms with Crippen LogP contribution >= 0.6 is 11.8 Å². The molecule has 2 atom stereocenters. The van der Waals surface area contributed by atoms with Crippen molar-refractivity contribution >= 4 is 35.3 Å². The third-order valence-electron chi connectivity index (χ3n) is 5.74. The lowest BCUT2D eigenvalue weighted by Crippen LogP contribution is -2.45. The lowest BCUT2D eigenvalue weighted by atomic mass is 9.91. The van der Waals surface area contributed by atoms with E-state index in [-0.39, 0.29) is 12.5 Å². The van der Waals surface area contributed by atoms with Gasteiger partial charge in [-0.3, -0.25) is 14.5 Å². The van der Waals surface area contributed by atoms with Crippen LogP contribution in [0.25, 0.3) is 0 Å². The third kappa shape index (κ3) is 3.58. The molecule has 0 bridgehead atoms. The van der Waals surface area contributed by atoms with Gasteiger partial charge in [-0.05, 0) is 38.0 Å². The molecule has 6 nitrogen and oxygen atoms in total. The summed E-state index contributed by atoms with van der Waals surface area (Å²) in [6.45, 7) is 6.06. The zero-order chi connectivity index (χ0) is 21.5. The Morgan fingerprint density at radius 2 is 1.87 bits per heavy atom. The van der Waals surface area contributed by atoms with E-state index in [9.17, 15) is 14.4 Å². The van der Waals surface area contributed by atoms with Crippen LogP contribution < -0.4 is 10.2 Å². The number of nitrogens with one attached hydrogen (secondary N) is 1. The first-order chi connectivity index (χ1) is 14.3. The van der Waals surface area contributed by atoms with Crippen LogP contribution in [0.15, 0.2) is 53.4 Å². The van der Waals surface area contributed by atoms with Crippen LogP contribution in [-0.2, 0) is 15.1 Å². The molecule has 0 radical (unpaired) electrons. The van der Waals surface area contributed by atoms with Crippen LogP contribution in [0.2, 0.25) is 0 Å². The SMILES string of the molecule is Cc1ccc(C2(C)NC(=O)N(CC(=O)N3CCC(C)Sc4ccccc43)C2=O)cc1. The van der Waals surface area contributed by atoms with E-state index in [4.69, 9.17) is 0 Å². The van der Waals surface area contributed by atoms with Crippen molar-refractivity contribution in [2.75, 3.05) is 18.0 Å². The molecule has 4 rings (SSSR count). The second kappa shape index (κ2) is 7.80. The van der Waals surface area contributed by atoms with E-state index in [0.29, 0.717) is 17.4 Å². The average molecular weight is 424 g/mol. The number of rotatable bonds is 3. The summed E-state index contributed by atoms with van der Waals surface area (Å²) in [7, 11) is 0. The number of anilines is 1. The fourth-order valence-corrected chi connectivity index (χ4v) is 5.00. The minimum atomic E-state index is -1.17. The maximum atomic E-state index is 13.2. The quantitative estimate of drug-likeness (QED) is 0.765. The summed E-state index contributed by atoms with van der Waals surface area (Å²) >= 11 is 1.74.